The molecule has 0 aliphatic rings. The van der Waals surface area contributed by atoms with Crippen LogP contribution in [0.2, 0.25) is 0 Å². The highest BCUT2D eigenvalue weighted by Crippen LogP contribution is 2.22. The maximum absolute atomic E-state index is 5.41. The summed E-state index contributed by atoms with van der Waals surface area (Å²) < 4.78 is 0. The van der Waals surface area contributed by atoms with Crippen LogP contribution >= 0.6 is 0 Å². The van der Waals surface area contributed by atoms with Crippen LogP contribution in [0.1, 0.15) is 11.4 Å². The number of nitrogens with two attached hydrogens (primary N) is 1. The molecule has 3 N–H and O–H groups in total. The van der Waals surface area contributed by atoms with Gasteiger partial charge in [0.15, 0.2) is 5.82 Å². The normalized spacial score (nSPS) is 10.5. The summed E-state index contributed by atoms with van der Waals surface area (Å²) in [5.74, 6) is 6.82. The number of nitrogen functional groups attached to an aromatic ring is 1. The van der Waals surface area contributed by atoms with Crippen LogP contribution in [-0.4, -0.2) is 9.97 Å². The molecule has 0 fully saturated rings. The summed E-state index contributed by atoms with van der Waals surface area (Å²) in [6.07, 6.45) is 0. The zero-order valence-electron chi connectivity index (χ0n) is 8.20. The molecule has 14 heavy (non-hydrogen) atoms. The lowest BCUT2D eigenvalue weighted by atomic mass is 10.1. The van der Waals surface area contributed by atoms with Crippen molar-refractivity contribution >= 4 is 16.7 Å². The molecule has 4 heteroatoms. The fourth-order valence-corrected chi connectivity index (χ4v) is 1.57. The van der Waals surface area contributed by atoms with Gasteiger partial charge in [-0.3, -0.25) is 0 Å². The lowest BCUT2D eigenvalue weighted by Crippen LogP contribution is -2.10. The van der Waals surface area contributed by atoms with Crippen molar-refractivity contribution in [3.63, 3.8) is 0 Å². The zero-order chi connectivity index (χ0) is 10.1. The Morgan fingerprint density at radius 2 is 2.00 bits per heavy atom. The number of hydrogen-bond acceptors (Lipinski definition) is 4. The zero-order valence-corrected chi connectivity index (χ0v) is 8.20. The van der Waals surface area contributed by atoms with E-state index in [1.165, 1.54) is 0 Å². The van der Waals surface area contributed by atoms with Gasteiger partial charge in [0.1, 0.15) is 5.82 Å². The van der Waals surface area contributed by atoms with E-state index in [0.29, 0.717) is 5.82 Å². The Bertz CT molecular complexity index is 479. The van der Waals surface area contributed by atoms with Gasteiger partial charge in [-0.2, -0.15) is 0 Å². The van der Waals surface area contributed by atoms with E-state index >= 15 is 0 Å². The summed E-state index contributed by atoms with van der Waals surface area (Å²) in [6.45, 7) is 3.87. The lowest BCUT2D eigenvalue weighted by Gasteiger charge is -2.07. The molecule has 4 nitrogen and oxygen atoms in total. The van der Waals surface area contributed by atoms with Crippen LogP contribution in [0.3, 0.4) is 0 Å². The average Bonchev–Trinajstić information content (AvgIpc) is 2.16. The number of hydrogen-bond donors (Lipinski definition) is 2. The van der Waals surface area contributed by atoms with Gasteiger partial charge in [-0.1, -0.05) is 12.1 Å². The second kappa shape index (κ2) is 3.23. The van der Waals surface area contributed by atoms with Crippen LogP contribution in [0.15, 0.2) is 18.2 Å². The minimum atomic E-state index is 0.686. The van der Waals surface area contributed by atoms with Gasteiger partial charge in [-0.05, 0) is 25.5 Å². The number of benzene rings is 1. The number of aromatic nitrogens is 2. The Kier molecular flexibility index (Phi) is 2.05. The topological polar surface area (TPSA) is 63.8 Å². The molecule has 0 spiro atoms. The first-order chi connectivity index (χ1) is 6.72. The number of hydrazine groups is 1. The molecule has 72 valence electrons. The molecular formula is C10H12N4. The van der Waals surface area contributed by atoms with E-state index in [4.69, 9.17) is 5.84 Å². The Balaban J connectivity index is 2.88. The molecule has 1 aromatic carbocycles. The van der Waals surface area contributed by atoms with Crippen molar-refractivity contribution in [2.24, 2.45) is 5.84 Å². The maximum atomic E-state index is 5.41. The van der Waals surface area contributed by atoms with Gasteiger partial charge in [0.05, 0.1) is 5.52 Å². The number of anilines is 1. The molecule has 1 heterocycles. The number of aryl methyl sites for hydroxylation is 2. The van der Waals surface area contributed by atoms with E-state index < -0.39 is 0 Å². The molecule has 0 unspecified atom stereocenters. The van der Waals surface area contributed by atoms with Gasteiger partial charge in [0.2, 0.25) is 0 Å². The molecule has 1 aromatic heterocycles. The second-order valence-electron chi connectivity index (χ2n) is 3.23. The van der Waals surface area contributed by atoms with Gasteiger partial charge in [0, 0.05) is 5.39 Å². The fourth-order valence-electron chi connectivity index (χ4n) is 1.57. The number of rotatable bonds is 1. The quantitative estimate of drug-likeness (QED) is 0.526. The van der Waals surface area contributed by atoms with E-state index in [9.17, 15) is 0 Å². The number of nitrogens with zero attached hydrogens (tertiary/aromatic N) is 2. The van der Waals surface area contributed by atoms with E-state index in [0.717, 1.165) is 22.3 Å². The minimum absolute atomic E-state index is 0.686. The van der Waals surface area contributed by atoms with Crippen LogP contribution in [0.5, 0.6) is 0 Å². The van der Waals surface area contributed by atoms with Crippen molar-refractivity contribution in [1.82, 2.24) is 9.97 Å². The van der Waals surface area contributed by atoms with Crippen molar-refractivity contribution in [2.75, 3.05) is 5.43 Å². The Morgan fingerprint density at radius 3 is 2.71 bits per heavy atom. The summed E-state index contributed by atoms with van der Waals surface area (Å²) in [5.41, 5.74) is 4.64. The molecular weight excluding hydrogens is 176 g/mol. The van der Waals surface area contributed by atoms with E-state index in [-0.39, 0.29) is 0 Å². The minimum Gasteiger partial charge on any atom is -0.308 e. The van der Waals surface area contributed by atoms with Crippen LogP contribution in [0.4, 0.5) is 5.82 Å². The molecule has 0 radical (unpaired) electrons. The fraction of sp³-hybridized carbons (Fsp3) is 0.200. The molecule has 0 bridgehead atoms. The summed E-state index contributed by atoms with van der Waals surface area (Å²) in [5, 5.41) is 0.987. The van der Waals surface area contributed by atoms with Crippen molar-refractivity contribution in [3.05, 3.63) is 29.6 Å². The standard InChI is InChI=1S/C10H12N4/c1-6-4-3-5-8-9(6)10(14-11)13-7(2)12-8/h3-5H,11H2,1-2H3,(H,12,13,14). The van der Waals surface area contributed by atoms with Gasteiger partial charge in [0.25, 0.3) is 0 Å². The lowest BCUT2D eigenvalue weighted by molar-refractivity contribution is 1.08. The molecule has 0 amide bonds. The second-order valence-corrected chi connectivity index (χ2v) is 3.23. The predicted molar refractivity (Wildman–Crippen MR) is 56.8 cm³/mol. The molecule has 0 aliphatic carbocycles. The third-order valence-electron chi connectivity index (χ3n) is 2.18. The van der Waals surface area contributed by atoms with Crippen LogP contribution in [-0.2, 0) is 0 Å². The summed E-state index contributed by atoms with van der Waals surface area (Å²) in [7, 11) is 0. The summed E-state index contributed by atoms with van der Waals surface area (Å²) in [6, 6.07) is 5.95. The highest BCUT2D eigenvalue weighted by Gasteiger charge is 2.05. The van der Waals surface area contributed by atoms with Gasteiger partial charge in [-0.25, -0.2) is 15.8 Å². The van der Waals surface area contributed by atoms with E-state index in [2.05, 4.69) is 15.4 Å². The monoisotopic (exact) mass is 188 g/mol. The average molecular weight is 188 g/mol. The Labute approximate surface area is 82.1 Å². The molecule has 2 rings (SSSR count). The van der Waals surface area contributed by atoms with Crippen molar-refractivity contribution < 1.29 is 0 Å². The number of nitrogens with one attached hydrogen (secondary N) is 1. The van der Waals surface area contributed by atoms with Crippen LogP contribution < -0.4 is 11.3 Å². The van der Waals surface area contributed by atoms with Crippen LogP contribution in [0, 0.1) is 13.8 Å². The molecule has 0 aliphatic heterocycles. The van der Waals surface area contributed by atoms with Crippen LogP contribution in [0.25, 0.3) is 10.9 Å². The summed E-state index contributed by atoms with van der Waals surface area (Å²) in [4.78, 5) is 8.57. The largest absolute Gasteiger partial charge is 0.308 e. The first kappa shape index (κ1) is 8.90. The SMILES string of the molecule is Cc1nc(NN)c2c(C)cccc2n1. The Hall–Kier alpha value is -1.68. The third-order valence-corrected chi connectivity index (χ3v) is 2.18. The van der Waals surface area contributed by atoms with Crippen molar-refractivity contribution in [3.8, 4) is 0 Å². The first-order valence-corrected chi connectivity index (χ1v) is 4.43. The van der Waals surface area contributed by atoms with Crippen molar-refractivity contribution in [2.45, 2.75) is 13.8 Å². The molecule has 0 saturated carbocycles. The Morgan fingerprint density at radius 1 is 1.21 bits per heavy atom. The van der Waals surface area contributed by atoms with Gasteiger partial charge < -0.3 is 5.43 Å². The molecule has 0 saturated heterocycles. The van der Waals surface area contributed by atoms with Gasteiger partial charge in [-0.15, -0.1) is 0 Å². The highest BCUT2D eigenvalue weighted by atomic mass is 15.3. The molecule has 0 atom stereocenters. The maximum Gasteiger partial charge on any atom is 0.151 e. The first-order valence-electron chi connectivity index (χ1n) is 4.43. The predicted octanol–water partition coefficient (Wildman–Crippen LogP) is 1.53. The third kappa shape index (κ3) is 1.29. The van der Waals surface area contributed by atoms with Crippen molar-refractivity contribution in [1.29, 1.82) is 0 Å². The molecule has 2 aromatic rings. The smallest absolute Gasteiger partial charge is 0.151 e. The number of fused-ring (bicyclic) bond motifs is 1. The highest BCUT2D eigenvalue weighted by molar-refractivity contribution is 5.91. The van der Waals surface area contributed by atoms with E-state index in [1.807, 2.05) is 32.0 Å². The van der Waals surface area contributed by atoms with Gasteiger partial charge >= 0.3 is 0 Å². The summed E-state index contributed by atoms with van der Waals surface area (Å²) >= 11 is 0. The van der Waals surface area contributed by atoms with E-state index in [1.54, 1.807) is 0 Å².